The molecule has 0 aromatic heterocycles. The largest absolute Gasteiger partial charge is 0.497 e. The van der Waals surface area contributed by atoms with Crippen LogP contribution in [0.3, 0.4) is 0 Å². The number of aliphatic hydroxyl groups excluding tert-OH is 1. The zero-order chi connectivity index (χ0) is 19.7. The van der Waals surface area contributed by atoms with Gasteiger partial charge in [-0.05, 0) is 31.3 Å². The van der Waals surface area contributed by atoms with E-state index < -0.39 is 18.4 Å². The second kappa shape index (κ2) is 8.22. The van der Waals surface area contributed by atoms with E-state index in [4.69, 9.17) is 14.2 Å². The lowest BCUT2D eigenvalue weighted by molar-refractivity contribution is -0.184. The Balaban J connectivity index is 1.40. The van der Waals surface area contributed by atoms with Crippen LogP contribution in [-0.2, 0) is 9.47 Å². The number of nitrogens with one attached hydrogen (secondary N) is 2. The number of rotatable bonds is 4. The molecule has 0 radical (unpaired) electrons. The highest BCUT2D eigenvalue weighted by molar-refractivity contribution is 5.89. The molecule has 1 aromatic carbocycles. The van der Waals surface area contributed by atoms with E-state index in [1.165, 1.54) is 0 Å². The Kier molecular flexibility index (Phi) is 5.70. The molecule has 28 heavy (non-hydrogen) atoms. The number of aliphatic hydroxyl groups is 1. The van der Waals surface area contributed by atoms with E-state index in [-0.39, 0.29) is 18.2 Å². The van der Waals surface area contributed by atoms with Gasteiger partial charge in [0.25, 0.3) is 0 Å². The Morgan fingerprint density at radius 3 is 2.61 bits per heavy atom. The molecular formula is C19H28N4O5. The van der Waals surface area contributed by atoms with E-state index in [0.29, 0.717) is 18.0 Å². The summed E-state index contributed by atoms with van der Waals surface area (Å²) >= 11 is 0. The molecule has 4 rings (SSSR count). The lowest BCUT2D eigenvalue weighted by Crippen LogP contribution is -2.67. The molecule has 3 fully saturated rings. The molecule has 9 heteroatoms. The SMILES string of the molecule is COc1ccc(NC(=O)N[C@H]2[C@H](O)[C@H](N3CCN(C)CC3)[C@@H]3OC[C@@H]2O3)cc1. The Bertz CT molecular complexity index is 679. The average molecular weight is 392 g/mol. The molecule has 1 aromatic rings. The van der Waals surface area contributed by atoms with Gasteiger partial charge in [-0.15, -0.1) is 0 Å². The molecule has 9 nitrogen and oxygen atoms in total. The van der Waals surface area contributed by atoms with Crippen LogP contribution < -0.4 is 15.4 Å². The fraction of sp³-hybridized carbons (Fsp3) is 0.632. The Morgan fingerprint density at radius 2 is 1.93 bits per heavy atom. The first kappa shape index (κ1) is 19.4. The number of hydrogen-bond donors (Lipinski definition) is 3. The number of benzene rings is 1. The quantitative estimate of drug-likeness (QED) is 0.660. The molecule has 154 valence electrons. The van der Waals surface area contributed by atoms with E-state index in [2.05, 4.69) is 27.5 Å². The van der Waals surface area contributed by atoms with Gasteiger partial charge in [0.15, 0.2) is 6.29 Å². The van der Waals surface area contributed by atoms with Crippen LogP contribution in [0.15, 0.2) is 24.3 Å². The predicted molar refractivity (Wildman–Crippen MR) is 102 cm³/mol. The third-order valence-electron chi connectivity index (χ3n) is 5.74. The molecule has 0 unspecified atom stereocenters. The summed E-state index contributed by atoms with van der Waals surface area (Å²) in [6.45, 7) is 3.87. The molecule has 2 amide bonds. The Labute approximate surface area is 164 Å². The topological polar surface area (TPSA) is 95.5 Å². The minimum absolute atomic E-state index is 0.293. The molecule has 5 atom stereocenters. The highest BCUT2D eigenvalue weighted by Crippen LogP contribution is 2.32. The van der Waals surface area contributed by atoms with Crippen LogP contribution >= 0.6 is 0 Å². The first-order chi connectivity index (χ1) is 13.5. The monoisotopic (exact) mass is 392 g/mol. The summed E-state index contributed by atoms with van der Waals surface area (Å²) in [5.74, 6) is 0.714. The van der Waals surface area contributed by atoms with Crippen molar-refractivity contribution in [3.63, 3.8) is 0 Å². The number of carbonyl (C=O) groups is 1. The molecule has 2 bridgehead atoms. The molecule has 3 heterocycles. The number of urea groups is 1. The standard InChI is InChI=1S/C19H28N4O5/c1-22-7-9-23(10-8-22)16-17(24)15(14-11-27-18(16)28-14)21-19(25)20-12-3-5-13(26-2)6-4-12/h3-6,14-18,24H,7-11H2,1-2H3,(H2,20,21,25)/t14-,15+,16-,17-,18+/m0/s1. The number of fused-ring (bicyclic) bond motifs is 2. The number of nitrogens with zero attached hydrogens (tertiary/aromatic N) is 2. The summed E-state index contributed by atoms with van der Waals surface area (Å²) < 4.78 is 16.8. The summed E-state index contributed by atoms with van der Waals surface area (Å²) in [5.41, 5.74) is 0.640. The second-order valence-electron chi connectivity index (χ2n) is 7.55. The third kappa shape index (κ3) is 3.94. The number of hydrogen-bond acceptors (Lipinski definition) is 7. The van der Waals surface area contributed by atoms with Crippen molar-refractivity contribution in [2.75, 3.05) is 52.3 Å². The van der Waals surface area contributed by atoms with Crippen molar-refractivity contribution in [3.8, 4) is 5.75 Å². The fourth-order valence-corrected chi connectivity index (χ4v) is 4.08. The van der Waals surface area contributed by atoms with Gasteiger partial charge in [-0.3, -0.25) is 4.90 Å². The molecular weight excluding hydrogens is 364 g/mol. The first-order valence-corrected chi connectivity index (χ1v) is 9.64. The van der Waals surface area contributed by atoms with Gasteiger partial charge in [0, 0.05) is 31.9 Å². The highest BCUT2D eigenvalue weighted by atomic mass is 16.7. The van der Waals surface area contributed by atoms with Gasteiger partial charge in [-0.1, -0.05) is 0 Å². The van der Waals surface area contributed by atoms with Gasteiger partial charge in [0.05, 0.1) is 31.9 Å². The van der Waals surface area contributed by atoms with E-state index in [1.54, 1.807) is 31.4 Å². The molecule has 0 saturated carbocycles. The fourth-order valence-electron chi connectivity index (χ4n) is 4.08. The minimum Gasteiger partial charge on any atom is -0.497 e. The van der Waals surface area contributed by atoms with Crippen LogP contribution in [0.25, 0.3) is 0 Å². The molecule has 0 aliphatic carbocycles. The number of amides is 2. The van der Waals surface area contributed by atoms with Gasteiger partial charge in [-0.2, -0.15) is 0 Å². The molecule has 3 aliphatic rings. The average Bonchev–Trinajstić information content (AvgIpc) is 3.13. The van der Waals surface area contributed by atoms with Crippen LogP contribution in [0.4, 0.5) is 10.5 Å². The maximum Gasteiger partial charge on any atom is 0.319 e. The number of carbonyl (C=O) groups excluding carboxylic acids is 1. The van der Waals surface area contributed by atoms with E-state index >= 15 is 0 Å². The van der Waals surface area contributed by atoms with Crippen molar-refractivity contribution in [2.24, 2.45) is 0 Å². The molecule has 3 N–H and O–H groups in total. The van der Waals surface area contributed by atoms with Crippen LogP contribution in [0.2, 0.25) is 0 Å². The number of anilines is 1. The lowest BCUT2D eigenvalue weighted by atomic mass is 9.94. The lowest BCUT2D eigenvalue weighted by Gasteiger charge is -2.46. The second-order valence-corrected chi connectivity index (χ2v) is 7.55. The maximum absolute atomic E-state index is 12.5. The zero-order valence-corrected chi connectivity index (χ0v) is 16.2. The van der Waals surface area contributed by atoms with Crippen LogP contribution in [0, 0.1) is 0 Å². The van der Waals surface area contributed by atoms with Crippen molar-refractivity contribution < 1.29 is 24.1 Å². The number of methoxy groups -OCH3 is 1. The van der Waals surface area contributed by atoms with Crippen LogP contribution in [-0.4, -0.2) is 98.5 Å². The van der Waals surface area contributed by atoms with Gasteiger partial charge in [-0.25, -0.2) is 4.79 Å². The van der Waals surface area contributed by atoms with Crippen molar-refractivity contribution in [3.05, 3.63) is 24.3 Å². The summed E-state index contributed by atoms with van der Waals surface area (Å²) in [6, 6.07) is 5.84. The van der Waals surface area contributed by atoms with Gasteiger partial charge >= 0.3 is 6.03 Å². The summed E-state index contributed by atoms with van der Waals surface area (Å²) in [7, 11) is 3.68. The van der Waals surface area contributed by atoms with Crippen LogP contribution in [0.5, 0.6) is 5.75 Å². The van der Waals surface area contributed by atoms with Crippen molar-refractivity contribution in [1.82, 2.24) is 15.1 Å². The molecule has 0 spiro atoms. The molecule has 3 saturated heterocycles. The van der Waals surface area contributed by atoms with Gasteiger partial charge in [0.2, 0.25) is 0 Å². The van der Waals surface area contributed by atoms with Crippen molar-refractivity contribution in [2.45, 2.75) is 30.6 Å². The number of ether oxygens (including phenoxy) is 3. The summed E-state index contributed by atoms with van der Waals surface area (Å²) in [6.07, 6.45) is -1.58. The highest BCUT2D eigenvalue weighted by Gasteiger charge is 2.52. The smallest absolute Gasteiger partial charge is 0.319 e. The predicted octanol–water partition coefficient (Wildman–Crippen LogP) is -0.0827. The van der Waals surface area contributed by atoms with E-state index in [9.17, 15) is 9.90 Å². The first-order valence-electron chi connectivity index (χ1n) is 9.64. The van der Waals surface area contributed by atoms with Gasteiger partial charge in [0.1, 0.15) is 11.9 Å². The Hall–Kier alpha value is -1.91. The number of piperazine rings is 1. The van der Waals surface area contributed by atoms with Crippen molar-refractivity contribution >= 4 is 11.7 Å². The maximum atomic E-state index is 12.5. The van der Waals surface area contributed by atoms with Crippen LogP contribution in [0.1, 0.15) is 0 Å². The zero-order valence-electron chi connectivity index (χ0n) is 16.2. The number of likely N-dealkylation sites (N-methyl/N-ethyl adjacent to an activating group) is 1. The normalized spacial score (nSPS) is 33.5. The Morgan fingerprint density at radius 1 is 1.21 bits per heavy atom. The minimum atomic E-state index is -0.767. The van der Waals surface area contributed by atoms with E-state index in [1.807, 2.05) is 0 Å². The molecule has 3 aliphatic heterocycles. The van der Waals surface area contributed by atoms with Gasteiger partial charge < -0.3 is 34.9 Å². The summed E-state index contributed by atoms with van der Waals surface area (Å²) in [4.78, 5) is 17.0. The third-order valence-corrected chi connectivity index (χ3v) is 5.74. The van der Waals surface area contributed by atoms with Crippen molar-refractivity contribution in [1.29, 1.82) is 0 Å². The summed E-state index contributed by atoms with van der Waals surface area (Å²) in [5, 5.41) is 16.7. The van der Waals surface area contributed by atoms with E-state index in [0.717, 1.165) is 26.2 Å².